The minimum Gasteiger partial charge on any atom is -0.316 e. The van der Waals surface area contributed by atoms with Gasteiger partial charge in [-0.3, -0.25) is 4.68 Å². The van der Waals surface area contributed by atoms with Crippen molar-refractivity contribution in [3.05, 3.63) is 53.6 Å². The smallest absolute Gasteiger partial charge is 0.126 e. The van der Waals surface area contributed by atoms with E-state index in [2.05, 4.69) is 17.3 Å². The molecular formula is C16H22FN3. The number of halogens is 1. The molecule has 0 aliphatic rings. The van der Waals surface area contributed by atoms with Crippen molar-refractivity contribution in [3.63, 3.8) is 0 Å². The van der Waals surface area contributed by atoms with Crippen molar-refractivity contribution in [1.29, 1.82) is 0 Å². The van der Waals surface area contributed by atoms with Gasteiger partial charge < -0.3 is 5.32 Å². The third-order valence-electron chi connectivity index (χ3n) is 3.66. The number of benzene rings is 1. The van der Waals surface area contributed by atoms with Gasteiger partial charge in [-0.05, 0) is 43.0 Å². The van der Waals surface area contributed by atoms with Crippen LogP contribution >= 0.6 is 0 Å². The molecule has 0 fully saturated rings. The summed E-state index contributed by atoms with van der Waals surface area (Å²) in [7, 11) is 1.94. The molecule has 0 saturated heterocycles. The molecule has 108 valence electrons. The molecule has 1 N–H and O–H groups in total. The van der Waals surface area contributed by atoms with E-state index in [0.717, 1.165) is 31.5 Å². The van der Waals surface area contributed by atoms with Gasteiger partial charge in [-0.2, -0.15) is 5.10 Å². The Balaban J connectivity index is 2.08. The van der Waals surface area contributed by atoms with Gasteiger partial charge in [0.25, 0.3) is 0 Å². The van der Waals surface area contributed by atoms with E-state index in [1.54, 1.807) is 18.3 Å². The lowest BCUT2D eigenvalue weighted by Crippen LogP contribution is -2.22. The summed E-state index contributed by atoms with van der Waals surface area (Å²) in [5.74, 6) is 0.0754. The fourth-order valence-electron chi connectivity index (χ4n) is 2.46. The molecule has 1 heterocycles. The Morgan fingerprint density at radius 3 is 2.75 bits per heavy atom. The van der Waals surface area contributed by atoms with Gasteiger partial charge >= 0.3 is 0 Å². The highest BCUT2D eigenvalue weighted by molar-refractivity contribution is 5.22. The standard InChI is InChI=1S/C16H22FN3/c1-3-18-12-13(15-6-4-5-7-16(15)17)8-9-14-10-11-19-20(14)2/h4-7,10-11,13,18H,3,8-9,12H2,1-2H3. The van der Waals surface area contributed by atoms with Gasteiger partial charge in [0.15, 0.2) is 0 Å². The molecule has 0 amide bonds. The maximum atomic E-state index is 14.0. The van der Waals surface area contributed by atoms with Crippen LogP contribution in [0.4, 0.5) is 4.39 Å². The van der Waals surface area contributed by atoms with Crippen LogP contribution in [0.25, 0.3) is 0 Å². The van der Waals surface area contributed by atoms with Crippen LogP contribution in [0.1, 0.15) is 30.5 Å². The minimum absolute atomic E-state index is 0.111. The lowest BCUT2D eigenvalue weighted by Gasteiger charge is -2.18. The zero-order chi connectivity index (χ0) is 14.4. The van der Waals surface area contributed by atoms with E-state index >= 15 is 0 Å². The Hall–Kier alpha value is -1.68. The molecular weight excluding hydrogens is 253 g/mol. The predicted octanol–water partition coefficient (Wildman–Crippen LogP) is 2.89. The summed E-state index contributed by atoms with van der Waals surface area (Å²) in [6.45, 7) is 3.77. The predicted molar refractivity (Wildman–Crippen MR) is 79.2 cm³/mol. The molecule has 0 radical (unpaired) electrons. The van der Waals surface area contributed by atoms with Crippen LogP contribution < -0.4 is 5.32 Å². The van der Waals surface area contributed by atoms with E-state index in [1.165, 1.54) is 5.69 Å². The monoisotopic (exact) mass is 275 g/mol. The average molecular weight is 275 g/mol. The van der Waals surface area contributed by atoms with E-state index < -0.39 is 0 Å². The number of hydrogen-bond donors (Lipinski definition) is 1. The van der Waals surface area contributed by atoms with Gasteiger partial charge in [-0.1, -0.05) is 25.1 Å². The van der Waals surface area contributed by atoms with Crippen molar-refractivity contribution in [1.82, 2.24) is 15.1 Å². The first-order valence-electron chi connectivity index (χ1n) is 7.14. The van der Waals surface area contributed by atoms with Crippen LogP contribution in [0.3, 0.4) is 0 Å². The number of aromatic nitrogens is 2. The summed E-state index contributed by atoms with van der Waals surface area (Å²) in [4.78, 5) is 0. The van der Waals surface area contributed by atoms with Crippen LogP contribution in [0.5, 0.6) is 0 Å². The van der Waals surface area contributed by atoms with E-state index in [-0.39, 0.29) is 11.7 Å². The normalized spacial score (nSPS) is 12.6. The van der Waals surface area contributed by atoms with Crippen molar-refractivity contribution >= 4 is 0 Å². The van der Waals surface area contributed by atoms with Gasteiger partial charge in [0.05, 0.1) is 0 Å². The van der Waals surface area contributed by atoms with Crippen LogP contribution in [-0.4, -0.2) is 22.9 Å². The number of likely N-dealkylation sites (N-methyl/N-ethyl adjacent to an activating group) is 1. The first kappa shape index (κ1) is 14.7. The largest absolute Gasteiger partial charge is 0.316 e. The number of aryl methyl sites for hydroxylation is 2. The lowest BCUT2D eigenvalue weighted by molar-refractivity contribution is 0.516. The van der Waals surface area contributed by atoms with Crippen LogP contribution in [0.15, 0.2) is 36.5 Å². The molecule has 2 rings (SSSR count). The number of hydrogen-bond acceptors (Lipinski definition) is 2. The Kier molecular flexibility index (Phi) is 5.30. The summed E-state index contributed by atoms with van der Waals surface area (Å²) in [5, 5.41) is 7.50. The molecule has 0 bridgehead atoms. The van der Waals surface area contributed by atoms with Gasteiger partial charge in [0.1, 0.15) is 5.82 Å². The highest BCUT2D eigenvalue weighted by atomic mass is 19.1. The molecule has 0 saturated carbocycles. The topological polar surface area (TPSA) is 29.9 Å². The quantitative estimate of drug-likeness (QED) is 0.842. The van der Waals surface area contributed by atoms with E-state index in [4.69, 9.17) is 0 Å². The summed E-state index contributed by atoms with van der Waals surface area (Å²) in [6, 6.07) is 9.09. The van der Waals surface area contributed by atoms with Crippen LogP contribution in [-0.2, 0) is 13.5 Å². The molecule has 20 heavy (non-hydrogen) atoms. The summed E-state index contributed by atoms with van der Waals surface area (Å²) in [6.07, 6.45) is 3.62. The Bertz CT molecular complexity index is 536. The van der Waals surface area contributed by atoms with Crippen molar-refractivity contribution in [2.45, 2.75) is 25.7 Å². The molecule has 4 heteroatoms. The van der Waals surface area contributed by atoms with E-state index in [9.17, 15) is 4.39 Å². The fraction of sp³-hybridized carbons (Fsp3) is 0.438. The number of nitrogens with zero attached hydrogens (tertiary/aromatic N) is 2. The Labute approximate surface area is 119 Å². The van der Waals surface area contributed by atoms with Gasteiger partial charge in [0.2, 0.25) is 0 Å². The first-order chi connectivity index (χ1) is 9.72. The molecule has 0 spiro atoms. The maximum Gasteiger partial charge on any atom is 0.126 e. The van der Waals surface area contributed by atoms with Crippen LogP contribution in [0, 0.1) is 5.82 Å². The van der Waals surface area contributed by atoms with Crippen molar-refractivity contribution in [3.8, 4) is 0 Å². The van der Waals surface area contributed by atoms with Crippen molar-refractivity contribution < 1.29 is 4.39 Å². The third kappa shape index (κ3) is 3.67. The molecule has 0 aliphatic heterocycles. The zero-order valence-electron chi connectivity index (χ0n) is 12.1. The second-order valence-electron chi connectivity index (χ2n) is 5.01. The average Bonchev–Trinajstić information content (AvgIpc) is 2.86. The van der Waals surface area contributed by atoms with Crippen molar-refractivity contribution in [2.24, 2.45) is 7.05 Å². The second kappa shape index (κ2) is 7.20. The highest BCUT2D eigenvalue weighted by Gasteiger charge is 2.15. The zero-order valence-corrected chi connectivity index (χ0v) is 12.1. The summed E-state index contributed by atoms with van der Waals surface area (Å²) < 4.78 is 15.8. The maximum absolute atomic E-state index is 14.0. The van der Waals surface area contributed by atoms with E-state index in [0.29, 0.717) is 0 Å². The van der Waals surface area contributed by atoms with Gasteiger partial charge in [-0.15, -0.1) is 0 Å². The highest BCUT2D eigenvalue weighted by Crippen LogP contribution is 2.23. The first-order valence-corrected chi connectivity index (χ1v) is 7.14. The SMILES string of the molecule is CCNCC(CCc1ccnn1C)c1ccccc1F. The minimum atomic E-state index is -0.111. The number of nitrogens with one attached hydrogen (secondary N) is 1. The third-order valence-corrected chi connectivity index (χ3v) is 3.66. The van der Waals surface area contributed by atoms with E-state index in [1.807, 2.05) is 29.9 Å². The summed E-state index contributed by atoms with van der Waals surface area (Å²) in [5.41, 5.74) is 1.98. The van der Waals surface area contributed by atoms with Crippen molar-refractivity contribution in [2.75, 3.05) is 13.1 Å². The molecule has 1 unspecified atom stereocenters. The molecule has 1 aromatic heterocycles. The second-order valence-corrected chi connectivity index (χ2v) is 5.01. The number of rotatable bonds is 7. The summed E-state index contributed by atoms with van der Waals surface area (Å²) >= 11 is 0. The van der Waals surface area contributed by atoms with Gasteiger partial charge in [-0.25, -0.2) is 4.39 Å². The molecule has 0 aliphatic carbocycles. The lowest BCUT2D eigenvalue weighted by atomic mass is 9.93. The fourth-order valence-corrected chi connectivity index (χ4v) is 2.46. The molecule has 1 aromatic carbocycles. The molecule has 3 nitrogen and oxygen atoms in total. The van der Waals surface area contributed by atoms with Crippen LogP contribution in [0.2, 0.25) is 0 Å². The Morgan fingerprint density at radius 2 is 2.10 bits per heavy atom. The molecule has 2 aromatic rings. The molecule has 1 atom stereocenters. The Morgan fingerprint density at radius 1 is 1.30 bits per heavy atom. The van der Waals surface area contributed by atoms with Gasteiger partial charge in [0, 0.05) is 25.5 Å².